The molecule has 0 aliphatic rings. The molecule has 6 nitrogen and oxygen atoms in total. The molecule has 0 amide bonds. The lowest BCUT2D eigenvalue weighted by Gasteiger charge is -2.20. The lowest BCUT2D eigenvalue weighted by molar-refractivity contribution is 0.809. The van der Waals surface area contributed by atoms with Gasteiger partial charge in [0.25, 0.3) is 0 Å². The Morgan fingerprint density at radius 3 is 2.52 bits per heavy atom. The number of benzene rings is 2. The number of anilines is 1. The molecule has 1 atom stereocenters. The number of nitrogens with two attached hydrogens (primary N) is 1. The average molecular weight is 431 g/mol. The topological polar surface area (TPSA) is 81.6 Å². The van der Waals surface area contributed by atoms with Crippen LogP contribution in [-0.2, 0) is 6.42 Å². The molecule has 4 aromatic rings. The highest BCUT2D eigenvalue weighted by Gasteiger charge is 2.15. The molecule has 0 bridgehead atoms. The van der Waals surface area contributed by atoms with Crippen LogP contribution in [0.15, 0.2) is 67.0 Å². The first-order chi connectivity index (χ1) is 13.3. The number of rotatable bonds is 6. The highest BCUT2D eigenvalue weighted by atomic mass is 35.5. The van der Waals surface area contributed by atoms with E-state index in [2.05, 4.69) is 34.5 Å². The SMILES string of the molecule is CC(Nc1nc(CCN)nc2ccccc12)c1ccccc1-n1cccn1.Cl.Cl. The van der Waals surface area contributed by atoms with Crippen molar-refractivity contribution in [3.63, 3.8) is 0 Å². The van der Waals surface area contributed by atoms with Crippen LogP contribution in [0.3, 0.4) is 0 Å². The van der Waals surface area contributed by atoms with Gasteiger partial charge in [-0.3, -0.25) is 0 Å². The molecule has 0 saturated heterocycles. The monoisotopic (exact) mass is 430 g/mol. The molecule has 2 aromatic heterocycles. The Hall–Kier alpha value is -2.67. The lowest BCUT2D eigenvalue weighted by Crippen LogP contribution is -2.14. The highest BCUT2D eigenvalue weighted by molar-refractivity contribution is 5.89. The predicted octanol–water partition coefficient (Wildman–Crippen LogP) is 4.33. The number of hydrogen-bond donors (Lipinski definition) is 2. The summed E-state index contributed by atoms with van der Waals surface area (Å²) in [4.78, 5) is 9.34. The number of fused-ring (bicyclic) bond motifs is 1. The van der Waals surface area contributed by atoms with Crippen LogP contribution in [0.1, 0.15) is 24.4 Å². The Kier molecular flexibility index (Phi) is 7.96. The Bertz CT molecular complexity index is 1050. The van der Waals surface area contributed by atoms with E-state index >= 15 is 0 Å². The van der Waals surface area contributed by atoms with Crippen LogP contribution in [0.25, 0.3) is 16.6 Å². The normalized spacial score (nSPS) is 11.4. The largest absolute Gasteiger partial charge is 0.363 e. The number of aromatic nitrogens is 4. The smallest absolute Gasteiger partial charge is 0.138 e. The van der Waals surface area contributed by atoms with Crippen LogP contribution in [0.4, 0.5) is 5.82 Å². The molecule has 152 valence electrons. The molecular weight excluding hydrogens is 407 g/mol. The van der Waals surface area contributed by atoms with E-state index in [1.807, 2.05) is 53.3 Å². The molecular formula is C21H24Cl2N6. The lowest BCUT2D eigenvalue weighted by atomic mass is 10.1. The summed E-state index contributed by atoms with van der Waals surface area (Å²) >= 11 is 0. The van der Waals surface area contributed by atoms with Crippen LogP contribution >= 0.6 is 24.8 Å². The van der Waals surface area contributed by atoms with Gasteiger partial charge >= 0.3 is 0 Å². The van der Waals surface area contributed by atoms with Crippen LogP contribution in [0.5, 0.6) is 0 Å². The molecule has 8 heteroatoms. The second kappa shape index (κ2) is 10.2. The predicted molar refractivity (Wildman–Crippen MR) is 122 cm³/mol. The van der Waals surface area contributed by atoms with Gasteiger partial charge in [0.2, 0.25) is 0 Å². The van der Waals surface area contributed by atoms with Crippen molar-refractivity contribution >= 4 is 41.5 Å². The first-order valence-corrected chi connectivity index (χ1v) is 9.07. The average Bonchev–Trinajstić information content (AvgIpc) is 3.23. The second-order valence-corrected chi connectivity index (χ2v) is 6.42. The van der Waals surface area contributed by atoms with Gasteiger partial charge in [-0.2, -0.15) is 5.10 Å². The Morgan fingerprint density at radius 2 is 1.76 bits per heavy atom. The fraction of sp³-hybridized carbons (Fsp3) is 0.190. The maximum atomic E-state index is 5.71. The minimum atomic E-state index is 0. The molecule has 0 aliphatic carbocycles. The van der Waals surface area contributed by atoms with Crippen LogP contribution in [0, 0.1) is 0 Å². The number of halogens is 2. The van der Waals surface area contributed by atoms with Crippen LogP contribution in [0.2, 0.25) is 0 Å². The van der Waals surface area contributed by atoms with E-state index in [1.165, 1.54) is 0 Å². The third-order valence-corrected chi connectivity index (χ3v) is 4.53. The molecule has 0 spiro atoms. The van der Waals surface area contributed by atoms with Crippen molar-refractivity contribution in [1.29, 1.82) is 0 Å². The Morgan fingerprint density at radius 1 is 1.00 bits per heavy atom. The third kappa shape index (κ3) is 4.85. The van der Waals surface area contributed by atoms with Crippen molar-refractivity contribution in [3.05, 3.63) is 78.4 Å². The van der Waals surface area contributed by atoms with Gasteiger partial charge in [-0.05, 0) is 43.3 Å². The van der Waals surface area contributed by atoms with Crippen molar-refractivity contribution in [2.24, 2.45) is 5.73 Å². The number of hydrogen-bond acceptors (Lipinski definition) is 5. The summed E-state index contributed by atoms with van der Waals surface area (Å²) in [6.07, 6.45) is 4.38. The molecule has 4 rings (SSSR count). The quantitative estimate of drug-likeness (QED) is 0.475. The van der Waals surface area contributed by atoms with Gasteiger partial charge in [-0.1, -0.05) is 30.3 Å². The first kappa shape index (κ1) is 22.6. The molecule has 1 unspecified atom stereocenters. The Balaban J connectivity index is 0.00000150. The number of nitrogens with zero attached hydrogens (tertiary/aromatic N) is 4. The van der Waals surface area contributed by atoms with E-state index in [4.69, 9.17) is 10.7 Å². The van der Waals surface area contributed by atoms with Crippen molar-refractivity contribution in [1.82, 2.24) is 19.7 Å². The number of nitrogens with one attached hydrogen (secondary N) is 1. The molecule has 0 fully saturated rings. The zero-order valence-corrected chi connectivity index (χ0v) is 17.7. The second-order valence-electron chi connectivity index (χ2n) is 6.42. The van der Waals surface area contributed by atoms with Gasteiger partial charge < -0.3 is 11.1 Å². The minimum absolute atomic E-state index is 0. The van der Waals surface area contributed by atoms with Crippen LogP contribution in [-0.4, -0.2) is 26.3 Å². The number of para-hydroxylation sites is 2. The van der Waals surface area contributed by atoms with E-state index in [0.717, 1.165) is 33.8 Å². The summed E-state index contributed by atoms with van der Waals surface area (Å²) in [7, 11) is 0. The molecule has 3 N–H and O–H groups in total. The van der Waals surface area contributed by atoms with Gasteiger partial charge in [-0.25, -0.2) is 14.6 Å². The van der Waals surface area contributed by atoms with E-state index in [0.29, 0.717) is 13.0 Å². The van der Waals surface area contributed by atoms with E-state index in [9.17, 15) is 0 Å². The third-order valence-electron chi connectivity index (χ3n) is 4.53. The van der Waals surface area contributed by atoms with Gasteiger partial charge in [0.1, 0.15) is 11.6 Å². The zero-order chi connectivity index (χ0) is 18.6. The fourth-order valence-electron chi connectivity index (χ4n) is 3.23. The maximum Gasteiger partial charge on any atom is 0.138 e. The molecule has 2 heterocycles. The molecule has 29 heavy (non-hydrogen) atoms. The van der Waals surface area contributed by atoms with Gasteiger partial charge in [0.15, 0.2) is 0 Å². The first-order valence-electron chi connectivity index (χ1n) is 9.07. The van der Waals surface area contributed by atoms with Gasteiger partial charge in [0.05, 0.1) is 17.2 Å². The fourth-order valence-corrected chi connectivity index (χ4v) is 3.23. The van der Waals surface area contributed by atoms with Crippen molar-refractivity contribution in [2.45, 2.75) is 19.4 Å². The summed E-state index contributed by atoms with van der Waals surface area (Å²) in [6.45, 7) is 2.65. The van der Waals surface area contributed by atoms with E-state index in [1.54, 1.807) is 6.20 Å². The van der Waals surface area contributed by atoms with E-state index in [-0.39, 0.29) is 30.9 Å². The summed E-state index contributed by atoms with van der Waals surface area (Å²) < 4.78 is 1.88. The highest BCUT2D eigenvalue weighted by Crippen LogP contribution is 2.27. The summed E-state index contributed by atoms with van der Waals surface area (Å²) in [5.74, 6) is 1.58. The summed E-state index contributed by atoms with van der Waals surface area (Å²) in [5, 5.41) is 8.95. The molecule has 2 aromatic carbocycles. The summed E-state index contributed by atoms with van der Waals surface area (Å²) in [5.41, 5.74) is 8.82. The minimum Gasteiger partial charge on any atom is -0.363 e. The molecule has 0 aliphatic heterocycles. The maximum absolute atomic E-state index is 5.71. The van der Waals surface area contributed by atoms with Crippen molar-refractivity contribution in [3.8, 4) is 5.69 Å². The standard InChI is InChI=1S/C21H22N6.2ClH/c1-15(16-7-3-5-10-19(16)27-14-6-13-23-27)24-21-17-8-2-4-9-18(17)25-20(26-21)11-12-22;;/h2-10,13-15H,11-12,22H2,1H3,(H,24,25,26);2*1H. The Labute approximate surface area is 182 Å². The summed E-state index contributed by atoms with van der Waals surface area (Å²) in [6, 6.07) is 18.2. The van der Waals surface area contributed by atoms with Gasteiger partial charge in [-0.15, -0.1) is 24.8 Å². The zero-order valence-electron chi connectivity index (χ0n) is 16.0. The van der Waals surface area contributed by atoms with Crippen molar-refractivity contribution in [2.75, 3.05) is 11.9 Å². The molecule has 0 saturated carbocycles. The van der Waals surface area contributed by atoms with E-state index < -0.39 is 0 Å². The van der Waals surface area contributed by atoms with Gasteiger partial charge in [0, 0.05) is 24.2 Å². The van der Waals surface area contributed by atoms with Crippen LogP contribution < -0.4 is 11.1 Å². The van der Waals surface area contributed by atoms with Crippen molar-refractivity contribution < 1.29 is 0 Å². The molecule has 0 radical (unpaired) electrons.